The molecule has 1 aliphatic heterocycles. The van der Waals surface area contributed by atoms with Gasteiger partial charge in [-0.15, -0.1) is 0 Å². The summed E-state index contributed by atoms with van der Waals surface area (Å²) in [7, 11) is 0. The number of nitrogens with two attached hydrogens (primary N) is 1. The van der Waals surface area contributed by atoms with Crippen LogP contribution in [0.3, 0.4) is 0 Å². The molecule has 1 aliphatic rings. The summed E-state index contributed by atoms with van der Waals surface area (Å²) >= 11 is 0. The first kappa shape index (κ1) is 16.7. The molecule has 0 bridgehead atoms. The van der Waals surface area contributed by atoms with Crippen LogP contribution in [0, 0.1) is 11.3 Å². The van der Waals surface area contributed by atoms with Gasteiger partial charge in [0.15, 0.2) is 5.75 Å². The first-order chi connectivity index (χ1) is 13.1. The van der Waals surface area contributed by atoms with Crippen LogP contribution in [0.25, 0.3) is 11.0 Å². The standard InChI is InChI=1S/C21H16N2O4/c1-2-25-13-7-5-6-12(10-13)17-15(11-22)20(23)27-19-14-8-3-4-9-16(14)26-21(24)18(17)19/h3-10,17H,2,23H2,1H3. The summed E-state index contributed by atoms with van der Waals surface area (Å²) in [4.78, 5) is 12.8. The third-order valence-corrected chi connectivity index (χ3v) is 4.48. The zero-order valence-corrected chi connectivity index (χ0v) is 14.6. The van der Waals surface area contributed by atoms with E-state index in [-0.39, 0.29) is 17.0 Å². The van der Waals surface area contributed by atoms with Crippen molar-refractivity contribution in [3.63, 3.8) is 0 Å². The lowest BCUT2D eigenvalue weighted by molar-refractivity contribution is 0.339. The van der Waals surface area contributed by atoms with Crippen molar-refractivity contribution in [2.45, 2.75) is 12.8 Å². The fourth-order valence-electron chi connectivity index (χ4n) is 3.35. The molecule has 0 saturated carbocycles. The maximum Gasteiger partial charge on any atom is 0.344 e. The fraction of sp³-hybridized carbons (Fsp3) is 0.143. The van der Waals surface area contributed by atoms with Crippen LogP contribution in [-0.2, 0) is 0 Å². The Morgan fingerprint density at radius 1 is 1.22 bits per heavy atom. The Morgan fingerprint density at radius 2 is 2.04 bits per heavy atom. The highest BCUT2D eigenvalue weighted by atomic mass is 16.5. The van der Waals surface area contributed by atoms with Gasteiger partial charge in [0.2, 0.25) is 5.88 Å². The van der Waals surface area contributed by atoms with Crippen LogP contribution in [0.4, 0.5) is 0 Å². The Hall–Kier alpha value is -3.72. The first-order valence-corrected chi connectivity index (χ1v) is 8.50. The van der Waals surface area contributed by atoms with E-state index in [1.807, 2.05) is 31.2 Å². The van der Waals surface area contributed by atoms with E-state index in [1.54, 1.807) is 24.3 Å². The van der Waals surface area contributed by atoms with Crippen molar-refractivity contribution < 1.29 is 13.9 Å². The molecular formula is C21H16N2O4. The van der Waals surface area contributed by atoms with Gasteiger partial charge in [0, 0.05) is 0 Å². The first-order valence-electron chi connectivity index (χ1n) is 8.50. The predicted molar refractivity (Wildman–Crippen MR) is 99.4 cm³/mol. The number of nitriles is 1. The van der Waals surface area contributed by atoms with Crippen molar-refractivity contribution in [3.8, 4) is 17.6 Å². The molecule has 1 aromatic heterocycles. The molecule has 4 rings (SSSR count). The molecule has 0 saturated heterocycles. The van der Waals surface area contributed by atoms with Gasteiger partial charge in [-0.3, -0.25) is 0 Å². The van der Waals surface area contributed by atoms with E-state index < -0.39 is 11.5 Å². The average Bonchev–Trinajstić information content (AvgIpc) is 2.67. The molecule has 2 aromatic carbocycles. The summed E-state index contributed by atoms with van der Waals surface area (Å²) in [5, 5.41) is 10.3. The van der Waals surface area contributed by atoms with Gasteiger partial charge in [0.1, 0.15) is 23.0 Å². The summed E-state index contributed by atoms with van der Waals surface area (Å²) in [5.41, 5.74) is 7.01. The molecule has 3 aromatic rings. The zero-order valence-electron chi connectivity index (χ0n) is 14.6. The second-order valence-electron chi connectivity index (χ2n) is 6.06. The lowest BCUT2D eigenvalue weighted by Crippen LogP contribution is -2.26. The SMILES string of the molecule is CCOc1cccc(C2C(C#N)=C(N)Oc3c2c(=O)oc2ccccc32)c1. The maximum absolute atomic E-state index is 12.8. The van der Waals surface area contributed by atoms with Crippen LogP contribution in [-0.4, -0.2) is 6.61 Å². The quantitative estimate of drug-likeness (QED) is 0.719. The molecular weight excluding hydrogens is 344 g/mol. The molecule has 0 aliphatic carbocycles. The number of fused-ring (bicyclic) bond motifs is 3. The van der Waals surface area contributed by atoms with Crippen molar-refractivity contribution in [1.29, 1.82) is 5.26 Å². The van der Waals surface area contributed by atoms with Crippen LogP contribution in [0.2, 0.25) is 0 Å². The van der Waals surface area contributed by atoms with Gasteiger partial charge in [-0.25, -0.2) is 4.79 Å². The van der Waals surface area contributed by atoms with Gasteiger partial charge in [0.25, 0.3) is 0 Å². The van der Waals surface area contributed by atoms with E-state index in [2.05, 4.69) is 6.07 Å². The van der Waals surface area contributed by atoms with E-state index in [1.165, 1.54) is 0 Å². The molecule has 27 heavy (non-hydrogen) atoms. The minimum absolute atomic E-state index is 0.0208. The molecule has 0 amide bonds. The summed E-state index contributed by atoms with van der Waals surface area (Å²) in [6.45, 7) is 2.39. The summed E-state index contributed by atoms with van der Waals surface area (Å²) in [6, 6.07) is 16.4. The molecule has 0 spiro atoms. The predicted octanol–water partition coefficient (Wildman–Crippen LogP) is 3.41. The van der Waals surface area contributed by atoms with Gasteiger partial charge in [-0.05, 0) is 36.8 Å². The highest BCUT2D eigenvalue weighted by molar-refractivity contribution is 5.86. The molecule has 6 heteroatoms. The second-order valence-corrected chi connectivity index (χ2v) is 6.06. The number of rotatable bonds is 3. The number of benzene rings is 2. The Bertz CT molecular complexity index is 1170. The molecule has 1 atom stereocenters. The van der Waals surface area contributed by atoms with Crippen LogP contribution < -0.4 is 20.8 Å². The van der Waals surface area contributed by atoms with Crippen LogP contribution in [0.15, 0.2) is 69.2 Å². The van der Waals surface area contributed by atoms with Gasteiger partial charge in [0.05, 0.1) is 23.5 Å². The normalized spacial score (nSPS) is 15.8. The molecule has 2 N–H and O–H groups in total. The second kappa shape index (κ2) is 6.54. The summed E-state index contributed by atoms with van der Waals surface area (Å²) < 4.78 is 16.7. The lowest BCUT2D eigenvalue weighted by atomic mass is 9.84. The number of allylic oxidation sites excluding steroid dienone is 1. The molecule has 0 radical (unpaired) electrons. The molecule has 0 fully saturated rings. The van der Waals surface area contributed by atoms with Crippen molar-refractivity contribution in [2.24, 2.45) is 5.73 Å². The van der Waals surface area contributed by atoms with Crippen LogP contribution >= 0.6 is 0 Å². The van der Waals surface area contributed by atoms with Gasteiger partial charge >= 0.3 is 5.63 Å². The fourth-order valence-corrected chi connectivity index (χ4v) is 3.35. The number of hydrogen-bond donors (Lipinski definition) is 1. The zero-order chi connectivity index (χ0) is 19.0. The molecule has 6 nitrogen and oxygen atoms in total. The number of nitrogens with zero attached hydrogens (tertiary/aromatic N) is 1. The van der Waals surface area contributed by atoms with E-state index in [0.717, 1.165) is 0 Å². The minimum atomic E-state index is -0.694. The minimum Gasteiger partial charge on any atom is -0.494 e. The van der Waals surface area contributed by atoms with Crippen molar-refractivity contribution in [1.82, 2.24) is 0 Å². The average molecular weight is 360 g/mol. The number of ether oxygens (including phenoxy) is 2. The van der Waals surface area contributed by atoms with E-state index in [0.29, 0.717) is 34.6 Å². The third-order valence-electron chi connectivity index (χ3n) is 4.48. The van der Waals surface area contributed by atoms with Gasteiger partial charge in [-0.2, -0.15) is 5.26 Å². The third kappa shape index (κ3) is 2.70. The molecule has 2 heterocycles. The number of hydrogen-bond acceptors (Lipinski definition) is 6. The maximum atomic E-state index is 12.8. The molecule has 134 valence electrons. The van der Waals surface area contributed by atoms with Crippen molar-refractivity contribution in [3.05, 3.63) is 81.5 Å². The lowest BCUT2D eigenvalue weighted by Gasteiger charge is -2.26. The van der Waals surface area contributed by atoms with Crippen molar-refractivity contribution >= 4 is 11.0 Å². The largest absolute Gasteiger partial charge is 0.494 e. The number of para-hydroxylation sites is 1. The summed E-state index contributed by atoms with van der Waals surface area (Å²) in [6.07, 6.45) is 0. The Labute approximate surface area is 155 Å². The van der Waals surface area contributed by atoms with Crippen LogP contribution in [0.5, 0.6) is 11.5 Å². The van der Waals surface area contributed by atoms with E-state index in [4.69, 9.17) is 19.6 Å². The van der Waals surface area contributed by atoms with E-state index in [9.17, 15) is 10.1 Å². The topological polar surface area (TPSA) is 98.5 Å². The van der Waals surface area contributed by atoms with Crippen LogP contribution in [0.1, 0.15) is 24.0 Å². The Morgan fingerprint density at radius 3 is 2.81 bits per heavy atom. The van der Waals surface area contributed by atoms with Crippen molar-refractivity contribution in [2.75, 3.05) is 6.61 Å². The van der Waals surface area contributed by atoms with Gasteiger partial charge in [-0.1, -0.05) is 24.3 Å². The Balaban J connectivity index is 2.02. The highest BCUT2D eigenvalue weighted by Crippen LogP contribution is 2.43. The molecule has 1 unspecified atom stereocenters. The monoisotopic (exact) mass is 360 g/mol. The van der Waals surface area contributed by atoms with E-state index >= 15 is 0 Å². The van der Waals surface area contributed by atoms with Gasteiger partial charge < -0.3 is 19.6 Å². The Kier molecular flexibility index (Phi) is 4.05. The smallest absolute Gasteiger partial charge is 0.344 e. The summed E-state index contributed by atoms with van der Waals surface area (Å²) in [5.74, 6) is 0.252. The highest BCUT2D eigenvalue weighted by Gasteiger charge is 2.35.